The van der Waals surface area contributed by atoms with Crippen molar-refractivity contribution >= 4 is 29.1 Å². The molecule has 1 unspecified atom stereocenters. The van der Waals surface area contributed by atoms with E-state index in [0.717, 1.165) is 0 Å². The Hall–Kier alpha value is -2.37. The van der Waals surface area contributed by atoms with Crippen LogP contribution in [0.2, 0.25) is 0 Å². The summed E-state index contributed by atoms with van der Waals surface area (Å²) >= 11 is 0. The van der Waals surface area contributed by atoms with E-state index in [9.17, 15) is 14.4 Å². The van der Waals surface area contributed by atoms with Crippen LogP contribution in [0.5, 0.6) is 0 Å². The average Bonchev–Trinajstić information content (AvgIpc) is 2.78. The number of nitrogens with zero attached hydrogens (tertiary/aromatic N) is 1. The van der Waals surface area contributed by atoms with E-state index >= 15 is 0 Å². The molecule has 0 aromatic heterocycles. The fourth-order valence-electron chi connectivity index (χ4n) is 2.56. The highest BCUT2D eigenvalue weighted by Crippen LogP contribution is 2.27. The minimum absolute atomic E-state index is 0.0842. The molecule has 0 radical (unpaired) electrons. The molecule has 0 aliphatic carbocycles. The fourth-order valence-corrected chi connectivity index (χ4v) is 2.56. The van der Waals surface area contributed by atoms with Gasteiger partial charge in [0.2, 0.25) is 17.7 Å². The number of hydrogen-bond acceptors (Lipinski definition) is 3. The topological polar surface area (TPSA) is 78.5 Å². The lowest BCUT2D eigenvalue weighted by atomic mass is 10.0. The summed E-state index contributed by atoms with van der Waals surface area (Å²) in [5, 5.41) is 5.61. The molecule has 3 amide bonds. The highest BCUT2D eigenvalue weighted by Gasteiger charge is 2.36. The van der Waals surface area contributed by atoms with Crippen LogP contribution in [0, 0.1) is 5.92 Å². The van der Waals surface area contributed by atoms with E-state index in [4.69, 9.17) is 0 Å². The van der Waals surface area contributed by atoms with Crippen molar-refractivity contribution in [2.45, 2.75) is 39.7 Å². The molecule has 6 heteroatoms. The van der Waals surface area contributed by atoms with Crippen molar-refractivity contribution in [3.8, 4) is 0 Å². The second-order valence-electron chi connectivity index (χ2n) is 6.88. The molecule has 0 spiro atoms. The van der Waals surface area contributed by atoms with Gasteiger partial charge in [-0.25, -0.2) is 0 Å². The molecule has 1 aromatic carbocycles. The summed E-state index contributed by atoms with van der Waals surface area (Å²) in [7, 11) is 0. The number of carbonyl (C=O) groups excluding carboxylic acids is 3. The van der Waals surface area contributed by atoms with E-state index < -0.39 is 0 Å². The van der Waals surface area contributed by atoms with Gasteiger partial charge in [-0.15, -0.1) is 0 Å². The lowest BCUT2D eigenvalue weighted by Gasteiger charge is -2.23. The van der Waals surface area contributed by atoms with E-state index in [-0.39, 0.29) is 35.6 Å². The second kappa shape index (κ2) is 6.40. The molecule has 0 saturated carbocycles. The number of amides is 3. The van der Waals surface area contributed by atoms with Gasteiger partial charge in [0.1, 0.15) is 0 Å². The van der Waals surface area contributed by atoms with Crippen LogP contribution in [0.1, 0.15) is 34.1 Å². The van der Waals surface area contributed by atoms with E-state index in [1.54, 1.807) is 29.2 Å². The summed E-state index contributed by atoms with van der Waals surface area (Å²) in [6, 6.07) is 7.07. The van der Waals surface area contributed by atoms with Crippen LogP contribution in [0.4, 0.5) is 11.4 Å². The standard InChI is InChI=1S/C17H23N3O3/c1-11(21)18-13-6-5-7-14(9-13)20-10-12(8-15(20)22)16(23)19-17(2,3)4/h5-7,9,12H,8,10H2,1-4H3,(H,18,21)(H,19,23). The summed E-state index contributed by atoms with van der Waals surface area (Å²) in [4.78, 5) is 37.2. The first-order valence-electron chi connectivity index (χ1n) is 7.66. The number of rotatable bonds is 3. The van der Waals surface area contributed by atoms with Gasteiger partial charge in [-0.3, -0.25) is 14.4 Å². The molecule has 1 aliphatic rings. The Morgan fingerprint density at radius 1 is 1.26 bits per heavy atom. The fraction of sp³-hybridized carbons (Fsp3) is 0.471. The number of carbonyl (C=O) groups is 3. The molecule has 124 valence electrons. The lowest BCUT2D eigenvalue weighted by Crippen LogP contribution is -2.44. The first kappa shape index (κ1) is 17.0. The summed E-state index contributed by atoms with van der Waals surface area (Å²) in [5.74, 6) is -0.714. The predicted octanol–water partition coefficient (Wildman–Crippen LogP) is 1.91. The maximum Gasteiger partial charge on any atom is 0.227 e. The molecule has 2 N–H and O–H groups in total. The Kier molecular flexibility index (Phi) is 4.73. The quantitative estimate of drug-likeness (QED) is 0.894. The number of hydrogen-bond donors (Lipinski definition) is 2. The molecular weight excluding hydrogens is 294 g/mol. The van der Waals surface area contributed by atoms with E-state index in [1.807, 2.05) is 20.8 Å². The molecule has 1 fully saturated rings. The largest absolute Gasteiger partial charge is 0.351 e. The molecule has 1 heterocycles. The molecule has 1 aromatic rings. The van der Waals surface area contributed by atoms with Crippen molar-refractivity contribution < 1.29 is 14.4 Å². The van der Waals surface area contributed by atoms with Crippen LogP contribution in [-0.2, 0) is 14.4 Å². The Labute approximate surface area is 136 Å². The highest BCUT2D eigenvalue weighted by atomic mass is 16.2. The van der Waals surface area contributed by atoms with Gasteiger partial charge >= 0.3 is 0 Å². The molecule has 2 rings (SSSR count). The third-order valence-corrected chi connectivity index (χ3v) is 3.47. The third-order valence-electron chi connectivity index (χ3n) is 3.47. The van der Waals surface area contributed by atoms with Crippen molar-refractivity contribution in [3.05, 3.63) is 24.3 Å². The van der Waals surface area contributed by atoms with Gasteiger partial charge < -0.3 is 15.5 Å². The first-order valence-corrected chi connectivity index (χ1v) is 7.66. The Bertz CT molecular complexity index is 634. The molecule has 23 heavy (non-hydrogen) atoms. The van der Waals surface area contributed by atoms with Crippen molar-refractivity contribution in [2.75, 3.05) is 16.8 Å². The van der Waals surface area contributed by atoms with Crippen LogP contribution >= 0.6 is 0 Å². The van der Waals surface area contributed by atoms with Crippen LogP contribution < -0.4 is 15.5 Å². The van der Waals surface area contributed by atoms with Gasteiger partial charge in [0.15, 0.2) is 0 Å². The average molecular weight is 317 g/mol. The van der Waals surface area contributed by atoms with Crippen molar-refractivity contribution in [3.63, 3.8) is 0 Å². The summed E-state index contributed by atoms with van der Waals surface area (Å²) in [5.41, 5.74) is 0.997. The molecule has 1 aliphatic heterocycles. The molecular formula is C17H23N3O3. The zero-order valence-electron chi connectivity index (χ0n) is 14.0. The van der Waals surface area contributed by atoms with Crippen LogP contribution in [-0.4, -0.2) is 29.8 Å². The Morgan fingerprint density at radius 2 is 1.96 bits per heavy atom. The monoisotopic (exact) mass is 317 g/mol. The summed E-state index contributed by atoms with van der Waals surface area (Å²) < 4.78 is 0. The third kappa shape index (κ3) is 4.55. The normalized spacial score (nSPS) is 18.0. The van der Waals surface area contributed by atoms with E-state index in [1.165, 1.54) is 6.92 Å². The SMILES string of the molecule is CC(=O)Nc1cccc(N2CC(C(=O)NC(C)(C)C)CC2=O)c1. The molecule has 1 saturated heterocycles. The first-order chi connectivity index (χ1) is 10.7. The summed E-state index contributed by atoms with van der Waals surface area (Å²) in [6.45, 7) is 7.52. The minimum atomic E-state index is -0.355. The van der Waals surface area contributed by atoms with Crippen molar-refractivity contribution in [2.24, 2.45) is 5.92 Å². The predicted molar refractivity (Wildman–Crippen MR) is 89.1 cm³/mol. The van der Waals surface area contributed by atoms with Crippen molar-refractivity contribution in [1.29, 1.82) is 0 Å². The van der Waals surface area contributed by atoms with E-state index in [0.29, 0.717) is 17.9 Å². The smallest absolute Gasteiger partial charge is 0.227 e. The van der Waals surface area contributed by atoms with Crippen molar-refractivity contribution in [1.82, 2.24) is 5.32 Å². The Morgan fingerprint density at radius 3 is 2.57 bits per heavy atom. The second-order valence-corrected chi connectivity index (χ2v) is 6.88. The molecule has 0 bridgehead atoms. The maximum atomic E-state index is 12.2. The maximum absolute atomic E-state index is 12.2. The molecule has 1 atom stereocenters. The van der Waals surface area contributed by atoms with Crippen LogP contribution in [0.25, 0.3) is 0 Å². The number of benzene rings is 1. The lowest BCUT2D eigenvalue weighted by molar-refractivity contribution is -0.127. The van der Waals surface area contributed by atoms with Gasteiger partial charge in [-0.1, -0.05) is 6.07 Å². The highest BCUT2D eigenvalue weighted by molar-refractivity contribution is 6.01. The summed E-state index contributed by atoms with van der Waals surface area (Å²) in [6.07, 6.45) is 0.201. The van der Waals surface area contributed by atoms with Gasteiger partial charge in [0, 0.05) is 36.8 Å². The van der Waals surface area contributed by atoms with Crippen LogP contribution in [0.15, 0.2) is 24.3 Å². The van der Waals surface area contributed by atoms with Gasteiger partial charge in [0.25, 0.3) is 0 Å². The van der Waals surface area contributed by atoms with E-state index in [2.05, 4.69) is 10.6 Å². The molecule has 6 nitrogen and oxygen atoms in total. The zero-order chi connectivity index (χ0) is 17.2. The zero-order valence-corrected chi connectivity index (χ0v) is 14.0. The number of nitrogens with one attached hydrogen (secondary N) is 2. The van der Waals surface area contributed by atoms with Crippen LogP contribution in [0.3, 0.4) is 0 Å². The number of anilines is 2. The minimum Gasteiger partial charge on any atom is -0.351 e. The van der Waals surface area contributed by atoms with Gasteiger partial charge in [0.05, 0.1) is 5.92 Å². The van der Waals surface area contributed by atoms with Gasteiger partial charge in [-0.2, -0.15) is 0 Å². The van der Waals surface area contributed by atoms with Gasteiger partial charge in [-0.05, 0) is 39.0 Å². The Balaban J connectivity index is 2.11.